The van der Waals surface area contributed by atoms with Gasteiger partial charge in [-0.3, -0.25) is 4.79 Å². The Morgan fingerprint density at radius 1 is 1.44 bits per heavy atom. The monoisotopic (exact) mass is 239 g/mol. The quantitative estimate of drug-likeness (QED) is 0.729. The molecule has 0 amide bonds. The summed E-state index contributed by atoms with van der Waals surface area (Å²) in [7, 11) is 0. The fourth-order valence-corrected chi connectivity index (χ4v) is 2.07. The number of rotatable bonds is 5. The molecular formula is C13H18ClNO. The van der Waals surface area contributed by atoms with E-state index in [1.807, 2.05) is 6.07 Å². The van der Waals surface area contributed by atoms with Crippen molar-refractivity contribution in [1.82, 2.24) is 0 Å². The van der Waals surface area contributed by atoms with Crippen molar-refractivity contribution in [2.75, 3.05) is 11.4 Å². The molecule has 2 nitrogen and oxygen atoms in total. The van der Waals surface area contributed by atoms with E-state index in [1.165, 1.54) is 0 Å². The molecule has 0 N–H and O–H groups in total. The van der Waals surface area contributed by atoms with Crippen LogP contribution in [0.4, 0.5) is 5.69 Å². The molecule has 88 valence electrons. The van der Waals surface area contributed by atoms with E-state index in [0.717, 1.165) is 24.9 Å². The van der Waals surface area contributed by atoms with Gasteiger partial charge in [0.1, 0.15) is 6.29 Å². The number of halogens is 1. The van der Waals surface area contributed by atoms with Crippen molar-refractivity contribution in [2.45, 2.75) is 33.2 Å². The molecule has 1 rings (SSSR count). The average Bonchev–Trinajstić information content (AvgIpc) is 2.31. The Balaban J connectivity index is 3.06. The maximum Gasteiger partial charge on any atom is 0.150 e. The molecule has 0 fully saturated rings. The molecule has 3 heteroatoms. The van der Waals surface area contributed by atoms with Gasteiger partial charge in [0.05, 0.1) is 10.7 Å². The molecule has 0 radical (unpaired) electrons. The van der Waals surface area contributed by atoms with Crippen molar-refractivity contribution in [2.24, 2.45) is 0 Å². The average molecular weight is 240 g/mol. The topological polar surface area (TPSA) is 20.3 Å². The minimum atomic E-state index is 0.449. The van der Waals surface area contributed by atoms with Crippen LogP contribution < -0.4 is 4.90 Å². The van der Waals surface area contributed by atoms with Crippen molar-refractivity contribution in [3.05, 3.63) is 28.8 Å². The maximum absolute atomic E-state index is 10.6. The Morgan fingerprint density at radius 2 is 2.12 bits per heavy atom. The lowest BCUT2D eigenvalue weighted by Crippen LogP contribution is -2.32. The molecule has 0 spiro atoms. The van der Waals surface area contributed by atoms with Crippen LogP contribution in [0.5, 0.6) is 0 Å². The molecule has 0 saturated heterocycles. The Morgan fingerprint density at radius 3 is 2.56 bits per heavy atom. The maximum atomic E-state index is 10.6. The molecule has 0 aliphatic heterocycles. The second kappa shape index (κ2) is 5.90. The van der Waals surface area contributed by atoms with Gasteiger partial charge in [-0.2, -0.15) is 0 Å². The first-order valence-corrected chi connectivity index (χ1v) is 6.03. The first-order chi connectivity index (χ1) is 7.63. The van der Waals surface area contributed by atoms with Crippen molar-refractivity contribution in [3.63, 3.8) is 0 Å². The number of benzene rings is 1. The zero-order valence-electron chi connectivity index (χ0n) is 10.0. The SMILES string of the molecule is CCC(C)N(CC)c1ccc(C=O)cc1Cl. The molecule has 16 heavy (non-hydrogen) atoms. The predicted molar refractivity (Wildman–Crippen MR) is 69.6 cm³/mol. The Hall–Kier alpha value is -1.02. The zero-order chi connectivity index (χ0) is 12.1. The third kappa shape index (κ3) is 2.76. The van der Waals surface area contributed by atoms with Crippen molar-refractivity contribution < 1.29 is 4.79 Å². The molecule has 0 aliphatic carbocycles. The van der Waals surface area contributed by atoms with Crippen LogP contribution in [0.15, 0.2) is 18.2 Å². The summed E-state index contributed by atoms with van der Waals surface area (Å²) in [5, 5.41) is 0.645. The van der Waals surface area contributed by atoms with Crippen LogP contribution >= 0.6 is 11.6 Å². The third-order valence-corrected chi connectivity index (χ3v) is 3.18. The summed E-state index contributed by atoms with van der Waals surface area (Å²) >= 11 is 6.18. The summed E-state index contributed by atoms with van der Waals surface area (Å²) in [5.74, 6) is 0. The zero-order valence-corrected chi connectivity index (χ0v) is 10.8. The largest absolute Gasteiger partial charge is 0.368 e. The lowest BCUT2D eigenvalue weighted by atomic mass is 10.1. The van der Waals surface area contributed by atoms with Gasteiger partial charge in [0.15, 0.2) is 0 Å². The first kappa shape index (κ1) is 13.0. The van der Waals surface area contributed by atoms with Gasteiger partial charge in [0.2, 0.25) is 0 Å². The molecule has 0 aliphatic rings. The molecule has 1 aromatic rings. The van der Waals surface area contributed by atoms with Gasteiger partial charge in [-0.05, 0) is 38.5 Å². The molecule has 0 bridgehead atoms. The Labute approximate surface area is 102 Å². The van der Waals surface area contributed by atoms with Gasteiger partial charge in [0, 0.05) is 18.2 Å². The van der Waals surface area contributed by atoms with Crippen molar-refractivity contribution in [3.8, 4) is 0 Å². The fraction of sp³-hybridized carbons (Fsp3) is 0.462. The van der Waals surface area contributed by atoms with Crippen LogP contribution in [0.2, 0.25) is 5.02 Å². The van der Waals surface area contributed by atoms with E-state index >= 15 is 0 Å². The molecule has 1 atom stereocenters. The van der Waals surface area contributed by atoms with Crippen LogP contribution in [0, 0.1) is 0 Å². The summed E-state index contributed by atoms with van der Waals surface area (Å²) in [4.78, 5) is 12.9. The number of hydrogen-bond donors (Lipinski definition) is 0. The van der Waals surface area contributed by atoms with E-state index in [-0.39, 0.29) is 0 Å². The summed E-state index contributed by atoms with van der Waals surface area (Å²) in [5.41, 5.74) is 1.62. The van der Waals surface area contributed by atoms with Crippen LogP contribution in [0.1, 0.15) is 37.6 Å². The minimum Gasteiger partial charge on any atom is -0.368 e. The molecule has 1 unspecified atom stereocenters. The van der Waals surface area contributed by atoms with E-state index in [2.05, 4.69) is 25.7 Å². The van der Waals surface area contributed by atoms with Crippen molar-refractivity contribution in [1.29, 1.82) is 0 Å². The van der Waals surface area contributed by atoms with Crippen molar-refractivity contribution >= 4 is 23.6 Å². The van der Waals surface area contributed by atoms with Gasteiger partial charge in [0.25, 0.3) is 0 Å². The molecule has 1 aromatic carbocycles. The lowest BCUT2D eigenvalue weighted by molar-refractivity contribution is 0.112. The van der Waals surface area contributed by atoms with Gasteiger partial charge in [-0.1, -0.05) is 18.5 Å². The smallest absolute Gasteiger partial charge is 0.150 e. The highest BCUT2D eigenvalue weighted by molar-refractivity contribution is 6.33. The van der Waals surface area contributed by atoms with E-state index in [0.29, 0.717) is 16.6 Å². The van der Waals surface area contributed by atoms with Gasteiger partial charge < -0.3 is 4.90 Å². The first-order valence-electron chi connectivity index (χ1n) is 5.65. The standard InChI is InChI=1S/C13H18ClNO/c1-4-10(3)15(5-2)13-7-6-11(9-16)8-12(13)14/h6-10H,4-5H2,1-3H3. The van der Waals surface area contributed by atoms with Gasteiger partial charge in [-0.15, -0.1) is 0 Å². The molecule has 0 saturated carbocycles. The molecule has 0 heterocycles. The normalized spacial score (nSPS) is 12.2. The van der Waals surface area contributed by atoms with Gasteiger partial charge >= 0.3 is 0 Å². The number of carbonyl (C=O) groups excluding carboxylic acids is 1. The van der Waals surface area contributed by atoms with E-state index in [9.17, 15) is 4.79 Å². The summed E-state index contributed by atoms with van der Waals surface area (Å²) in [6.07, 6.45) is 1.88. The molecular weight excluding hydrogens is 222 g/mol. The molecule has 0 aromatic heterocycles. The second-order valence-electron chi connectivity index (χ2n) is 3.87. The van der Waals surface area contributed by atoms with E-state index in [1.54, 1.807) is 12.1 Å². The number of anilines is 1. The number of hydrogen-bond acceptors (Lipinski definition) is 2. The fourth-order valence-electron chi connectivity index (χ4n) is 1.77. The Kier molecular flexibility index (Phi) is 4.81. The highest BCUT2D eigenvalue weighted by Gasteiger charge is 2.14. The third-order valence-electron chi connectivity index (χ3n) is 2.88. The van der Waals surface area contributed by atoms with E-state index in [4.69, 9.17) is 11.6 Å². The highest BCUT2D eigenvalue weighted by Crippen LogP contribution is 2.28. The lowest BCUT2D eigenvalue weighted by Gasteiger charge is -2.30. The number of aldehydes is 1. The predicted octanol–water partition coefficient (Wildman–Crippen LogP) is 3.78. The summed E-state index contributed by atoms with van der Waals surface area (Å²) in [6.45, 7) is 7.35. The van der Waals surface area contributed by atoms with Crippen LogP contribution in [-0.4, -0.2) is 18.9 Å². The van der Waals surface area contributed by atoms with Crippen LogP contribution in [0.3, 0.4) is 0 Å². The summed E-state index contributed by atoms with van der Waals surface area (Å²) in [6, 6.07) is 5.89. The van der Waals surface area contributed by atoms with Gasteiger partial charge in [-0.25, -0.2) is 0 Å². The van der Waals surface area contributed by atoms with Crippen LogP contribution in [0.25, 0.3) is 0 Å². The second-order valence-corrected chi connectivity index (χ2v) is 4.28. The van der Waals surface area contributed by atoms with Crippen LogP contribution in [-0.2, 0) is 0 Å². The number of carbonyl (C=O) groups is 1. The highest BCUT2D eigenvalue weighted by atomic mass is 35.5. The summed E-state index contributed by atoms with van der Waals surface area (Å²) < 4.78 is 0. The number of nitrogens with zero attached hydrogens (tertiary/aromatic N) is 1. The van der Waals surface area contributed by atoms with E-state index < -0.39 is 0 Å². The minimum absolute atomic E-state index is 0.449. The Bertz CT molecular complexity index is 365.